The Kier molecular flexibility index (Phi) is 3.41. The smallest absolute Gasteiger partial charge is 0.154 e. The molecule has 0 spiro atoms. The first-order valence-corrected chi connectivity index (χ1v) is 6.54. The molecule has 0 radical (unpaired) electrons. The van der Waals surface area contributed by atoms with Crippen LogP contribution in [0.1, 0.15) is 21.6 Å². The number of carbonyl (C=O) groups excluding carboxylic acids is 1. The van der Waals surface area contributed by atoms with Crippen LogP contribution in [0.25, 0.3) is 0 Å². The minimum atomic E-state index is 0.750. The van der Waals surface area contributed by atoms with Crippen molar-refractivity contribution in [2.75, 3.05) is 0 Å². The van der Waals surface area contributed by atoms with E-state index in [2.05, 4.69) is 4.98 Å². The van der Waals surface area contributed by atoms with E-state index < -0.39 is 0 Å². The van der Waals surface area contributed by atoms with Crippen molar-refractivity contribution in [2.24, 2.45) is 0 Å². The van der Waals surface area contributed by atoms with Crippen molar-refractivity contribution >= 4 is 29.4 Å². The molecule has 1 heterocycles. The maximum absolute atomic E-state index is 10.7. The minimum absolute atomic E-state index is 0.750. The van der Waals surface area contributed by atoms with E-state index in [0.29, 0.717) is 0 Å². The van der Waals surface area contributed by atoms with Gasteiger partial charge >= 0.3 is 0 Å². The first-order valence-electron chi connectivity index (χ1n) is 4.85. The van der Waals surface area contributed by atoms with E-state index in [1.54, 1.807) is 23.1 Å². The molecule has 0 saturated heterocycles. The summed E-state index contributed by atoms with van der Waals surface area (Å²) in [5, 5.41) is 2.04. The Morgan fingerprint density at radius 1 is 1.38 bits per heavy atom. The van der Waals surface area contributed by atoms with Crippen molar-refractivity contribution < 1.29 is 4.79 Å². The zero-order valence-electron chi connectivity index (χ0n) is 9.06. The highest BCUT2D eigenvalue weighted by Gasteiger charge is 2.03. The minimum Gasteiger partial charge on any atom is -0.298 e. The van der Waals surface area contributed by atoms with Crippen LogP contribution in [-0.4, -0.2) is 11.3 Å². The number of aromatic nitrogens is 1. The van der Waals surface area contributed by atoms with Crippen LogP contribution in [0.4, 0.5) is 0 Å². The van der Waals surface area contributed by atoms with Gasteiger partial charge in [0.1, 0.15) is 6.29 Å². The summed E-state index contributed by atoms with van der Waals surface area (Å²) in [5.41, 5.74) is 2.81. The molecule has 1 aromatic heterocycles. The van der Waals surface area contributed by atoms with E-state index in [4.69, 9.17) is 0 Å². The number of nitrogens with zero attached hydrogens (tertiary/aromatic N) is 1. The molecule has 0 saturated carbocycles. The first kappa shape index (κ1) is 11.4. The first-order chi connectivity index (χ1) is 7.69. The van der Waals surface area contributed by atoms with E-state index >= 15 is 0 Å². The van der Waals surface area contributed by atoms with Crippen LogP contribution in [0.15, 0.2) is 32.8 Å². The Morgan fingerprint density at radius 2 is 2.19 bits per heavy atom. The summed E-state index contributed by atoms with van der Waals surface area (Å²) in [5.74, 6) is 0. The van der Waals surface area contributed by atoms with Gasteiger partial charge in [0.15, 0.2) is 4.34 Å². The van der Waals surface area contributed by atoms with Gasteiger partial charge in [-0.25, -0.2) is 4.98 Å². The molecule has 0 unspecified atom stereocenters. The summed E-state index contributed by atoms with van der Waals surface area (Å²) in [7, 11) is 0. The predicted octanol–water partition coefficient (Wildman–Crippen LogP) is 3.72. The fraction of sp³-hybridized carbons (Fsp3) is 0.167. The monoisotopic (exact) mass is 249 g/mol. The fourth-order valence-electron chi connectivity index (χ4n) is 1.32. The van der Waals surface area contributed by atoms with Crippen LogP contribution in [0.5, 0.6) is 0 Å². The lowest BCUT2D eigenvalue weighted by atomic mass is 10.1. The second-order valence-electron chi connectivity index (χ2n) is 3.49. The van der Waals surface area contributed by atoms with Crippen molar-refractivity contribution in [3.05, 3.63) is 40.4 Å². The Morgan fingerprint density at radius 3 is 2.75 bits per heavy atom. The maximum Gasteiger partial charge on any atom is 0.154 e. The molecule has 0 amide bonds. The van der Waals surface area contributed by atoms with Crippen LogP contribution in [0.3, 0.4) is 0 Å². The van der Waals surface area contributed by atoms with Gasteiger partial charge in [0.25, 0.3) is 0 Å². The second-order valence-corrected chi connectivity index (χ2v) is 5.67. The predicted molar refractivity (Wildman–Crippen MR) is 67.5 cm³/mol. The molecular weight excluding hydrogens is 238 g/mol. The lowest BCUT2D eigenvalue weighted by molar-refractivity contribution is 0.112. The molecule has 0 N–H and O–H groups in total. The van der Waals surface area contributed by atoms with E-state index in [1.807, 2.05) is 37.4 Å². The summed E-state index contributed by atoms with van der Waals surface area (Å²) < 4.78 is 1.04. The average molecular weight is 249 g/mol. The summed E-state index contributed by atoms with van der Waals surface area (Å²) in [6.07, 6.45) is 0.886. The Balaban J connectivity index is 2.22. The van der Waals surface area contributed by atoms with Crippen molar-refractivity contribution in [3.8, 4) is 0 Å². The van der Waals surface area contributed by atoms with Crippen molar-refractivity contribution in [3.63, 3.8) is 0 Å². The van der Waals surface area contributed by atoms with Crippen molar-refractivity contribution in [1.82, 2.24) is 4.98 Å². The van der Waals surface area contributed by atoms with E-state index in [1.165, 1.54) is 0 Å². The molecule has 0 fully saturated rings. The molecule has 2 aromatic rings. The van der Waals surface area contributed by atoms with Gasteiger partial charge in [-0.2, -0.15) is 0 Å². The number of thiazole rings is 1. The summed E-state index contributed by atoms with van der Waals surface area (Å²) in [6.45, 7) is 3.93. The number of benzene rings is 1. The highest BCUT2D eigenvalue weighted by molar-refractivity contribution is 8.01. The van der Waals surface area contributed by atoms with Gasteiger partial charge in [-0.15, -0.1) is 11.3 Å². The zero-order valence-corrected chi connectivity index (χ0v) is 10.7. The van der Waals surface area contributed by atoms with Crippen LogP contribution < -0.4 is 0 Å². The number of hydrogen-bond acceptors (Lipinski definition) is 4. The Labute approximate surface area is 103 Å². The van der Waals surface area contributed by atoms with Gasteiger partial charge in [0, 0.05) is 21.5 Å². The maximum atomic E-state index is 10.7. The van der Waals surface area contributed by atoms with Gasteiger partial charge in [0.2, 0.25) is 0 Å². The average Bonchev–Trinajstić information content (AvgIpc) is 2.64. The van der Waals surface area contributed by atoms with E-state index in [0.717, 1.165) is 32.3 Å². The molecule has 0 aliphatic heterocycles. The molecule has 0 aliphatic rings. The van der Waals surface area contributed by atoms with Crippen LogP contribution in [-0.2, 0) is 0 Å². The number of carbonyl (C=O) groups is 1. The summed E-state index contributed by atoms with van der Waals surface area (Å²) in [6, 6.07) is 5.83. The molecule has 0 atom stereocenters. The van der Waals surface area contributed by atoms with Crippen molar-refractivity contribution in [1.29, 1.82) is 0 Å². The summed E-state index contributed by atoms with van der Waals surface area (Å²) in [4.78, 5) is 16.2. The third-order valence-corrected chi connectivity index (χ3v) is 4.22. The Bertz CT molecular complexity index is 519. The highest BCUT2D eigenvalue weighted by atomic mass is 32.2. The molecule has 2 nitrogen and oxygen atoms in total. The number of hydrogen-bond donors (Lipinski definition) is 0. The lowest BCUT2D eigenvalue weighted by Gasteiger charge is -2.01. The second kappa shape index (κ2) is 4.80. The molecule has 0 bridgehead atoms. The summed E-state index contributed by atoms with van der Waals surface area (Å²) >= 11 is 3.28. The third-order valence-electron chi connectivity index (χ3n) is 2.17. The largest absolute Gasteiger partial charge is 0.298 e. The van der Waals surface area contributed by atoms with Gasteiger partial charge in [-0.3, -0.25) is 4.79 Å². The Hall–Kier alpha value is -1.13. The fourth-order valence-corrected chi connectivity index (χ4v) is 3.23. The number of rotatable bonds is 3. The SMILES string of the molecule is Cc1csc(Sc2ccc(C=O)c(C)c2)n1. The van der Waals surface area contributed by atoms with E-state index in [9.17, 15) is 4.79 Å². The number of aldehydes is 1. The third kappa shape index (κ3) is 2.51. The standard InChI is InChI=1S/C12H11NOS2/c1-8-5-11(4-3-10(8)6-14)16-12-13-9(2)7-15-12/h3-7H,1-2H3. The normalized spacial score (nSPS) is 10.4. The van der Waals surface area contributed by atoms with Gasteiger partial charge in [0.05, 0.1) is 0 Å². The highest BCUT2D eigenvalue weighted by Crippen LogP contribution is 2.31. The van der Waals surface area contributed by atoms with Crippen LogP contribution in [0, 0.1) is 13.8 Å². The van der Waals surface area contributed by atoms with E-state index in [-0.39, 0.29) is 0 Å². The van der Waals surface area contributed by atoms with Crippen LogP contribution >= 0.6 is 23.1 Å². The molecule has 4 heteroatoms. The molecule has 82 valence electrons. The van der Waals surface area contributed by atoms with Crippen molar-refractivity contribution in [2.45, 2.75) is 23.1 Å². The molecular formula is C12H11NOS2. The van der Waals surface area contributed by atoms with Gasteiger partial charge < -0.3 is 0 Å². The quantitative estimate of drug-likeness (QED) is 0.776. The molecule has 0 aliphatic carbocycles. The molecule has 1 aromatic carbocycles. The van der Waals surface area contributed by atoms with Crippen LogP contribution in [0.2, 0.25) is 0 Å². The van der Waals surface area contributed by atoms with Gasteiger partial charge in [-0.1, -0.05) is 17.8 Å². The van der Waals surface area contributed by atoms with Gasteiger partial charge in [-0.05, 0) is 31.5 Å². The zero-order chi connectivity index (χ0) is 11.5. The molecule has 2 rings (SSSR count). The lowest BCUT2D eigenvalue weighted by Crippen LogP contribution is -1.85. The number of aryl methyl sites for hydroxylation is 2. The molecule has 16 heavy (non-hydrogen) atoms. The topological polar surface area (TPSA) is 30.0 Å².